The van der Waals surface area contributed by atoms with Gasteiger partial charge in [-0.1, -0.05) is 6.07 Å². The van der Waals surface area contributed by atoms with Gasteiger partial charge in [0.05, 0.1) is 25.5 Å². The van der Waals surface area contributed by atoms with Crippen LogP contribution in [0.15, 0.2) is 30.3 Å². The lowest BCUT2D eigenvalue weighted by Gasteiger charge is -2.20. The molecule has 148 valence electrons. The molecular weight excluding hydrogens is 358 g/mol. The van der Waals surface area contributed by atoms with E-state index in [1.54, 1.807) is 35.2 Å². The van der Waals surface area contributed by atoms with Crippen molar-refractivity contribution in [3.8, 4) is 11.5 Å². The van der Waals surface area contributed by atoms with Crippen LogP contribution in [0.1, 0.15) is 39.1 Å². The second-order valence-corrected chi connectivity index (χ2v) is 6.78. The van der Waals surface area contributed by atoms with Gasteiger partial charge >= 0.3 is 0 Å². The summed E-state index contributed by atoms with van der Waals surface area (Å²) in [5.41, 5.74) is 8.31. The average molecular weight is 383 g/mol. The highest BCUT2D eigenvalue weighted by Gasteiger charge is 2.25. The largest absolute Gasteiger partial charge is 0.493 e. The molecule has 1 aliphatic rings. The quantitative estimate of drug-likeness (QED) is 0.774. The summed E-state index contributed by atoms with van der Waals surface area (Å²) in [7, 11) is 3.02. The van der Waals surface area contributed by atoms with Crippen LogP contribution in [-0.2, 0) is 0 Å². The van der Waals surface area contributed by atoms with Crippen molar-refractivity contribution in [3.05, 3.63) is 47.0 Å². The van der Waals surface area contributed by atoms with E-state index in [1.165, 1.54) is 14.2 Å². The van der Waals surface area contributed by atoms with Gasteiger partial charge in [0.2, 0.25) is 0 Å². The molecule has 0 saturated carbocycles. The molecule has 7 heteroatoms. The van der Waals surface area contributed by atoms with E-state index in [1.807, 2.05) is 6.92 Å². The number of anilines is 2. The van der Waals surface area contributed by atoms with Crippen LogP contribution < -0.4 is 20.5 Å². The number of benzene rings is 2. The first-order valence-electron chi connectivity index (χ1n) is 9.17. The average Bonchev–Trinajstić information content (AvgIpc) is 3.23. The van der Waals surface area contributed by atoms with Crippen LogP contribution in [0.2, 0.25) is 0 Å². The maximum atomic E-state index is 13.0. The molecule has 2 aromatic carbocycles. The van der Waals surface area contributed by atoms with Crippen LogP contribution >= 0.6 is 0 Å². The molecule has 0 unspecified atom stereocenters. The van der Waals surface area contributed by atoms with Gasteiger partial charge in [-0.05, 0) is 43.5 Å². The van der Waals surface area contributed by atoms with Crippen molar-refractivity contribution in [3.63, 3.8) is 0 Å². The number of carbonyl (C=O) groups is 2. The van der Waals surface area contributed by atoms with Gasteiger partial charge in [-0.3, -0.25) is 9.59 Å². The summed E-state index contributed by atoms with van der Waals surface area (Å²) >= 11 is 0. The van der Waals surface area contributed by atoms with E-state index in [0.29, 0.717) is 47.1 Å². The fraction of sp³-hybridized carbons (Fsp3) is 0.333. The number of ether oxygens (including phenoxy) is 2. The standard InChI is InChI=1S/C21H25N3O4/c1-13-6-7-14(22)10-15(13)20(25)23-17-12-19(28-3)18(27-2)11-16(17)21(26)24-8-4-5-9-24/h6-7,10-12H,4-5,8-9,22H2,1-3H3,(H,23,25). The molecule has 1 heterocycles. The van der Waals surface area contributed by atoms with E-state index in [-0.39, 0.29) is 11.8 Å². The van der Waals surface area contributed by atoms with E-state index < -0.39 is 0 Å². The Hall–Kier alpha value is -3.22. The van der Waals surface area contributed by atoms with Gasteiger partial charge in [0.25, 0.3) is 11.8 Å². The monoisotopic (exact) mass is 383 g/mol. The predicted octanol–water partition coefficient (Wildman–Crippen LogP) is 3.08. The number of likely N-dealkylation sites (tertiary alicyclic amines) is 1. The smallest absolute Gasteiger partial charge is 0.256 e. The summed E-state index contributed by atoms with van der Waals surface area (Å²) < 4.78 is 10.7. The molecule has 0 atom stereocenters. The molecule has 28 heavy (non-hydrogen) atoms. The van der Waals surface area contributed by atoms with Crippen LogP contribution in [-0.4, -0.2) is 44.0 Å². The summed E-state index contributed by atoms with van der Waals surface area (Å²) in [5.74, 6) is 0.383. The number of aryl methyl sites for hydroxylation is 1. The van der Waals surface area contributed by atoms with Gasteiger partial charge in [-0.2, -0.15) is 0 Å². The zero-order valence-corrected chi connectivity index (χ0v) is 16.4. The Balaban J connectivity index is 2.01. The Morgan fingerprint density at radius 2 is 1.64 bits per heavy atom. The van der Waals surface area contributed by atoms with Crippen molar-refractivity contribution in [2.24, 2.45) is 0 Å². The fourth-order valence-electron chi connectivity index (χ4n) is 3.32. The molecule has 1 fully saturated rings. The first kappa shape index (κ1) is 19.5. The highest BCUT2D eigenvalue weighted by Crippen LogP contribution is 2.35. The second-order valence-electron chi connectivity index (χ2n) is 6.78. The summed E-state index contributed by atoms with van der Waals surface area (Å²) in [6.45, 7) is 3.24. The van der Waals surface area contributed by atoms with E-state index in [0.717, 1.165) is 18.4 Å². The minimum absolute atomic E-state index is 0.141. The molecule has 0 aliphatic carbocycles. The minimum Gasteiger partial charge on any atom is -0.493 e. The third kappa shape index (κ3) is 3.88. The van der Waals surface area contributed by atoms with Gasteiger partial charge in [0, 0.05) is 30.4 Å². The van der Waals surface area contributed by atoms with Gasteiger partial charge in [0.15, 0.2) is 11.5 Å². The number of nitrogens with zero attached hydrogens (tertiary/aromatic N) is 1. The van der Waals surface area contributed by atoms with Crippen molar-refractivity contribution in [2.75, 3.05) is 38.4 Å². The molecule has 2 aromatic rings. The lowest BCUT2D eigenvalue weighted by atomic mass is 10.1. The van der Waals surface area contributed by atoms with E-state index >= 15 is 0 Å². The van der Waals surface area contributed by atoms with Gasteiger partial charge in [0.1, 0.15) is 0 Å². The van der Waals surface area contributed by atoms with Crippen molar-refractivity contribution >= 4 is 23.2 Å². The summed E-state index contributed by atoms with van der Waals surface area (Å²) in [6.07, 6.45) is 1.95. The van der Waals surface area contributed by atoms with Crippen LogP contribution in [0.25, 0.3) is 0 Å². The number of methoxy groups -OCH3 is 2. The number of nitrogen functional groups attached to an aromatic ring is 1. The zero-order chi connectivity index (χ0) is 20.3. The lowest BCUT2D eigenvalue weighted by molar-refractivity contribution is 0.0793. The van der Waals surface area contributed by atoms with Crippen LogP contribution in [0.4, 0.5) is 11.4 Å². The maximum Gasteiger partial charge on any atom is 0.256 e. The molecule has 1 aliphatic heterocycles. The van der Waals surface area contributed by atoms with Crippen molar-refractivity contribution in [1.29, 1.82) is 0 Å². The number of amides is 2. The van der Waals surface area contributed by atoms with Crippen LogP contribution in [0, 0.1) is 6.92 Å². The van der Waals surface area contributed by atoms with E-state index in [2.05, 4.69) is 5.32 Å². The number of hydrogen-bond acceptors (Lipinski definition) is 5. The number of rotatable bonds is 5. The molecule has 2 amide bonds. The summed E-state index contributed by atoms with van der Waals surface area (Å²) in [5, 5.41) is 2.85. The van der Waals surface area contributed by atoms with E-state index in [9.17, 15) is 9.59 Å². The van der Waals surface area contributed by atoms with Crippen molar-refractivity contribution < 1.29 is 19.1 Å². The Morgan fingerprint density at radius 3 is 2.29 bits per heavy atom. The second kappa shape index (κ2) is 8.21. The molecule has 0 bridgehead atoms. The summed E-state index contributed by atoms with van der Waals surface area (Å²) in [4.78, 5) is 27.7. The van der Waals surface area contributed by atoms with Gasteiger partial charge in [-0.15, -0.1) is 0 Å². The Bertz CT molecular complexity index is 905. The highest BCUT2D eigenvalue weighted by atomic mass is 16.5. The van der Waals surface area contributed by atoms with Gasteiger partial charge in [-0.25, -0.2) is 0 Å². The highest BCUT2D eigenvalue weighted by molar-refractivity contribution is 6.10. The van der Waals surface area contributed by atoms with Crippen LogP contribution in [0.3, 0.4) is 0 Å². The maximum absolute atomic E-state index is 13.0. The third-order valence-corrected chi connectivity index (χ3v) is 4.90. The molecular formula is C21H25N3O4. The molecule has 0 radical (unpaired) electrons. The van der Waals surface area contributed by atoms with E-state index in [4.69, 9.17) is 15.2 Å². The molecule has 0 spiro atoms. The van der Waals surface area contributed by atoms with Gasteiger partial charge < -0.3 is 25.4 Å². The normalized spacial score (nSPS) is 13.3. The third-order valence-electron chi connectivity index (χ3n) is 4.90. The number of hydrogen-bond donors (Lipinski definition) is 2. The number of nitrogens with one attached hydrogen (secondary N) is 1. The summed E-state index contributed by atoms with van der Waals surface area (Å²) in [6, 6.07) is 8.37. The minimum atomic E-state index is -0.340. The van der Waals surface area contributed by atoms with Crippen molar-refractivity contribution in [1.82, 2.24) is 4.90 Å². The molecule has 0 aromatic heterocycles. The lowest BCUT2D eigenvalue weighted by Crippen LogP contribution is -2.29. The van der Waals surface area contributed by atoms with Crippen LogP contribution in [0.5, 0.6) is 11.5 Å². The molecule has 3 N–H and O–H groups in total. The first-order valence-corrected chi connectivity index (χ1v) is 9.17. The fourth-order valence-corrected chi connectivity index (χ4v) is 3.32. The molecule has 7 nitrogen and oxygen atoms in total. The SMILES string of the molecule is COc1cc(NC(=O)c2cc(N)ccc2C)c(C(=O)N2CCCC2)cc1OC. The zero-order valence-electron chi connectivity index (χ0n) is 16.4. The Morgan fingerprint density at radius 1 is 1.00 bits per heavy atom. The topological polar surface area (TPSA) is 93.9 Å². The predicted molar refractivity (Wildman–Crippen MR) is 108 cm³/mol. The molecule has 1 saturated heterocycles. The number of carbonyl (C=O) groups excluding carboxylic acids is 2. The van der Waals surface area contributed by atoms with Crippen molar-refractivity contribution in [2.45, 2.75) is 19.8 Å². The molecule has 3 rings (SSSR count). The number of nitrogens with two attached hydrogens (primary N) is 1. The first-order chi connectivity index (χ1) is 13.4. The Labute approximate surface area is 164 Å². The Kier molecular flexibility index (Phi) is 5.73.